The van der Waals surface area contributed by atoms with Gasteiger partial charge in [-0.15, -0.1) is 0 Å². The Morgan fingerprint density at radius 3 is 2.72 bits per heavy atom. The van der Waals surface area contributed by atoms with Gasteiger partial charge in [0.05, 0.1) is 11.6 Å². The Kier molecular flexibility index (Phi) is 3.47. The lowest BCUT2D eigenvalue weighted by molar-refractivity contribution is 0.138. The quantitative estimate of drug-likeness (QED) is 0.729. The molecule has 5 heteroatoms. The van der Waals surface area contributed by atoms with Crippen LogP contribution in [0, 0.1) is 11.3 Å². The van der Waals surface area contributed by atoms with E-state index in [0.717, 1.165) is 25.5 Å². The first-order valence-electron chi connectivity index (χ1n) is 5.96. The van der Waals surface area contributed by atoms with Crippen molar-refractivity contribution in [3.05, 3.63) is 22.8 Å². The molecule has 1 aliphatic rings. The highest BCUT2D eigenvalue weighted by Gasteiger charge is 2.31. The number of likely N-dealkylation sites (N-methyl/N-ethyl adjacent to an activating group) is 1. The highest BCUT2D eigenvalue weighted by atomic mass is 35.5. The largest absolute Gasteiger partial charge is 0.353 e. The minimum atomic E-state index is 0.0923. The average Bonchev–Trinajstić information content (AvgIpc) is 2.31. The molecule has 0 bridgehead atoms. The van der Waals surface area contributed by atoms with Crippen LogP contribution in [0.4, 0.5) is 5.82 Å². The van der Waals surface area contributed by atoms with E-state index in [1.54, 1.807) is 12.1 Å². The number of nitrogens with zero attached hydrogens (tertiary/aromatic N) is 4. The number of hydrogen-bond donors (Lipinski definition) is 0. The van der Waals surface area contributed by atoms with Gasteiger partial charge in [0.15, 0.2) is 0 Å². The molecule has 0 N–H and O–H groups in total. The number of anilines is 1. The smallest absolute Gasteiger partial charge is 0.132 e. The summed E-state index contributed by atoms with van der Waals surface area (Å²) >= 11 is 5.95. The summed E-state index contributed by atoms with van der Waals surface area (Å²) in [6.45, 7) is 7.16. The van der Waals surface area contributed by atoms with Gasteiger partial charge in [-0.1, -0.05) is 11.6 Å². The summed E-state index contributed by atoms with van der Waals surface area (Å²) in [5, 5.41) is 9.34. The number of nitriles is 1. The Morgan fingerprint density at radius 2 is 2.11 bits per heavy atom. The molecule has 18 heavy (non-hydrogen) atoms. The van der Waals surface area contributed by atoms with E-state index in [1.165, 1.54) is 0 Å². The van der Waals surface area contributed by atoms with Crippen LogP contribution in [0.1, 0.15) is 19.4 Å². The number of pyridine rings is 1. The normalized spacial score (nSPS) is 19.6. The second-order valence-corrected chi connectivity index (χ2v) is 5.69. The maximum atomic E-state index is 8.97. The maximum Gasteiger partial charge on any atom is 0.132 e. The van der Waals surface area contributed by atoms with Crippen molar-refractivity contribution in [2.45, 2.75) is 19.4 Å². The predicted octanol–water partition coefficient (Wildman–Crippen LogP) is 2.14. The topological polar surface area (TPSA) is 43.2 Å². The number of halogens is 1. The summed E-state index contributed by atoms with van der Waals surface area (Å²) in [5.41, 5.74) is 0.649. The summed E-state index contributed by atoms with van der Waals surface area (Å²) in [7, 11) is 2.13. The molecule has 0 aliphatic carbocycles. The van der Waals surface area contributed by atoms with Crippen LogP contribution in [0.5, 0.6) is 0 Å². The van der Waals surface area contributed by atoms with E-state index >= 15 is 0 Å². The zero-order valence-electron chi connectivity index (χ0n) is 10.9. The van der Waals surface area contributed by atoms with Gasteiger partial charge in [-0.25, -0.2) is 4.98 Å². The summed E-state index contributed by atoms with van der Waals surface area (Å²) in [6.07, 6.45) is 0. The molecule has 0 aromatic carbocycles. The molecular formula is C13H17ClN4. The van der Waals surface area contributed by atoms with Crippen molar-refractivity contribution in [1.29, 1.82) is 5.26 Å². The van der Waals surface area contributed by atoms with Crippen LogP contribution in [-0.2, 0) is 0 Å². The van der Waals surface area contributed by atoms with Crippen LogP contribution in [-0.4, -0.2) is 42.1 Å². The molecule has 1 fully saturated rings. The third kappa shape index (κ3) is 2.58. The Balaban J connectivity index is 2.28. The molecule has 1 aromatic rings. The van der Waals surface area contributed by atoms with Crippen LogP contribution in [0.25, 0.3) is 0 Å². The zero-order valence-corrected chi connectivity index (χ0v) is 11.7. The van der Waals surface area contributed by atoms with Crippen molar-refractivity contribution < 1.29 is 0 Å². The lowest BCUT2D eigenvalue weighted by Crippen LogP contribution is -2.57. The van der Waals surface area contributed by atoms with Crippen molar-refractivity contribution >= 4 is 17.4 Å². The summed E-state index contributed by atoms with van der Waals surface area (Å²) < 4.78 is 0. The molecule has 1 aliphatic heterocycles. The second-order valence-electron chi connectivity index (χ2n) is 5.30. The molecule has 0 radical (unpaired) electrons. The summed E-state index contributed by atoms with van der Waals surface area (Å²) in [6, 6.07) is 5.50. The van der Waals surface area contributed by atoms with E-state index in [-0.39, 0.29) is 5.54 Å². The highest BCUT2D eigenvalue weighted by Crippen LogP contribution is 2.25. The minimum Gasteiger partial charge on any atom is -0.353 e. The highest BCUT2D eigenvalue weighted by molar-refractivity contribution is 6.29. The van der Waals surface area contributed by atoms with Gasteiger partial charge in [-0.2, -0.15) is 5.26 Å². The van der Waals surface area contributed by atoms with Crippen LogP contribution in [0.15, 0.2) is 12.1 Å². The van der Waals surface area contributed by atoms with Gasteiger partial charge in [0.25, 0.3) is 0 Å². The fourth-order valence-electron chi connectivity index (χ4n) is 2.15. The van der Waals surface area contributed by atoms with Gasteiger partial charge in [0.2, 0.25) is 0 Å². The molecule has 96 valence electrons. The molecule has 2 rings (SSSR count). The van der Waals surface area contributed by atoms with Crippen molar-refractivity contribution in [2.24, 2.45) is 0 Å². The molecule has 0 amide bonds. The van der Waals surface area contributed by atoms with E-state index in [0.29, 0.717) is 10.7 Å². The van der Waals surface area contributed by atoms with Crippen molar-refractivity contribution in [3.8, 4) is 6.07 Å². The lowest BCUT2D eigenvalue weighted by atomic mass is 10.00. The van der Waals surface area contributed by atoms with Gasteiger partial charge < -0.3 is 4.90 Å². The average molecular weight is 265 g/mol. The summed E-state index contributed by atoms with van der Waals surface area (Å²) in [4.78, 5) is 8.84. The van der Waals surface area contributed by atoms with Gasteiger partial charge in [-0.3, -0.25) is 4.90 Å². The molecule has 0 atom stereocenters. The molecule has 0 saturated carbocycles. The molecule has 2 heterocycles. The maximum absolute atomic E-state index is 8.97. The lowest BCUT2D eigenvalue weighted by Gasteiger charge is -2.45. The van der Waals surface area contributed by atoms with E-state index in [4.69, 9.17) is 16.9 Å². The van der Waals surface area contributed by atoms with E-state index < -0.39 is 0 Å². The minimum absolute atomic E-state index is 0.0923. The van der Waals surface area contributed by atoms with Gasteiger partial charge in [0.1, 0.15) is 11.0 Å². The van der Waals surface area contributed by atoms with Crippen LogP contribution in [0.2, 0.25) is 5.15 Å². The second kappa shape index (κ2) is 4.75. The monoisotopic (exact) mass is 264 g/mol. The first-order chi connectivity index (χ1) is 8.42. The zero-order chi connectivity index (χ0) is 13.3. The molecule has 0 unspecified atom stereocenters. The molecule has 1 aromatic heterocycles. The Morgan fingerprint density at radius 1 is 1.39 bits per heavy atom. The SMILES string of the molecule is CN1CCN(c2cc(C#N)cc(Cl)n2)CC1(C)C. The number of aromatic nitrogens is 1. The molecule has 4 nitrogen and oxygen atoms in total. The first kappa shape index (κ1) is 13.1. The molecular weight excluding hydrogens is 248 g/mol. The third-order valence-corrected chi connectivity index (χ3v) is 3.74. The first-order valence-corrected chi connectivity index (χ1v) is 6.34. The van der Waals surface area contributed by atoms with E-state index in [1.807, 2.05) is 0 Å². The number of piperazine rings is 1. The Hall–Kier alpha value is -1.31. The molecule has 0 spiro atoms. The van der Waals surface area contributed by atoms with Gasteiger partial charge >= 0.3 is 0 Å². The van der Waals surface area contributed by atoms with Crippen molar-refractivity contribution in [1.82, 2.24) is 9.88 Å². The van der Waals surface area contributed by atoms with Crippen molar-refractivity contribution in [3.63, 3.8) is 0 Å². The van der Waals surface area contributed by atoms with E-state index in [9.17, 15) is 0 Å². The van der Waals surface area contributed by atoms with Crippen LogP contribution < -0.4 is 4.90 Å². The summed E-state index contributed by atoms with van der Waals surface area (Å²) in [5.74, 6) is 0.792. The number of hydrogen-bond acceptors (Lipinski definition) is 4. The standard InChI is InChI=1S/C13H17ClN4/c1-13(2)9-18(5-4-17(13)3)12-7-10(8-15)6-11(14)16-12/h6-7H,4-5,9H2,1-3H3. The predicted molar refractivity (Wildman–Crippen MR) is 72.9 cm³/mol. The van der Waals surface area contributed by atoms with Crippen LogP contribution in [0.3, 0.4) is 0 Å². The fraction of sp³-hybridized carbons (Fsp3) is 0.538. The van der Waals surface area contributed by atoms with Gasteiger partial charge in [-0.05, 0) is 33.0 Å². The Bertz CT molecular complexity index is 492. The van der Waals surface area contributed by atoms with Crippen molar-refractivity contribution in [2.75, 3.05) is 31.6 Å². The van der Waals surface area contributed by atoms with Gasteiger partial charge in [0, 0.05) is 25.2 Å². The Labute approximate surface area is 113 Å². The molecule has 1 saturated heterocycles. The third-order valence-electron chi connectivity index (χ3n) is 3.55. The fourth-order valence-corrected chi connectivity index (χ4v) is 2.35. The number of rotatable bonds is 1. The van der Waals surface area contributed by atoms with E-state index in [2.05, 4.69) is 41.7 Å². The van der Waals surface area contributed by atoms with Crippen LogP contribution >= 0.6 is 11.6 Å².